The molecule has 4 nitrogen and oxygen atoms in total. The van der Waals surface area contributed by atoms with Gasteiger partial charge in [0.15, 0.2) is 0 Å². The molecule has 0 atom stereocenters. The molecule has 0 saturated heterocycles. The van der Waals surface area contributed by atoms with Gasteiger partial charge < -0.3 is 10.2 Å². The number of hydrogen-bond donors (Lipinski definition) is 1. The highest BCUT2D eigenvalue weighted by atomic mass is 15.2. The first-order valence-electron chi connectivity index (χ1n) is 7.62. The first-order valence-corrected chi connectivity index (χ1v) is 7.62. The average molecular weight is 282 g/mol. The number of benzene rings is 1. The van der Waals surface area contributed by atoms with Crippen molar-refractivity contribution in [1.29, 1.82) is 0 Å². The number of anilines is 2. The van der Waals surface area contributed by atoms with E-state index in [1.54, 1.807) is 0 Å². The van der Waals surface area contributed by atoms with Crippen molar-refractivity contribution in [3.63, 3.8) is 0 Å². The molecule has 1 aromatic carbocycles. The Hall–Kier alpha value is -2.10. The molecule has 1 heterocycles. The maximum Gasteiger partial charge on any atom is 0.224 e. The highest BCUT2D eigenvalue weighted by molar-refractivity contribution is 5.44. The summed E-state index contributed by atoms with van der Waals surface area (Å²) in [5.41, 5.74) is 1.29. The number of rotatable bonds is 6. The minimum Gasteiger partial charge on any atom is -0.351 e. The van der Waals surface area contributed by atoms with E-state index in [9.17, 15) is 0 Å². The Morgan fingerprint density at radius 3 is 2.62 bits per heavy atom. The third kappa shape index (κ3) is 3.72. The van der Waals surface area contributed by atoms with Crippen LogP contribution in [0.25, 0.3) is 0 Å². The molecule has 0 unspecified atom stereocenters. The zero-order valence-electron chi connectivity index (χ0n) is 12.7. The molecule has 0 bridgehead atoms. The molecule has 1 saturated carbocycles. The van der Waals surface area contributed by atoms with E-state index in [2.05, 4.69) is 58.3 Å². The highest BCUT2D eigenvalue weighted by Crippen LogP contribution is 2.24. The third-order valence-electron chi connectivity index (χ3n) is 3.66. The summed E-state index contributed by atoms with van der Waals surface area (Å²) >= 11 is 0. The molecule has 110 valence electrons. The van der Waals surface area contributed by atoms with E-state index in [1.165, 1.54) is 18.4 Å². The summed E-state index contributed by atoms with van der Waals surface area (Å²) in [6.45, 7) is 5.25. The van der Waals surface area contributed by atoms with Crippen molar-refractivity contribution < 1.29 is 0 Å². The average Bonchev–Trinajstić information content (AvgIpc) is 3.30. The van der Waals surface area contributed by atoms with E-state index < -0.39 is 0 Å². The number of nitrogens with zero attached hydrogens (tertiary/aromatic N) is 3. The predicted molar refractivity (Wildman–Crippen MR) is 86.4 cm³/mol. The van der Waals surface area contributed by atoms with Crippen LogP contribution in [0.3, 0.4) is 0 Å². The highest BCUT2D eigenvalue weighted by Gasteiger charge is 2.22. The zero-order valence-corrected chi connectivity index (χ0v) is 12.7. The summed E-state index contributed by atoms with van der Waals surface area (Å²) in [5.74, 6) is 1.72. The lowest BCUT2D eigenvalue weighted by atomic mass is 10.2. The lowest BCUT2D eigenvalue weighted by molar-refractivity contribution is 0.671. The third-order valence-corrected chi connectivity index (χ3v) is 3.66. The summed E-state index contributed by atoms with van der Waals surface area (Å²) in [6, 6.07) is 13.4. The van der Waals surface area contributed by atoms with Crippen molar-refractivity contribution in [2.45, 2.75) is 45.3 Å². The van der Waals surface area contributed by atoms with Gasteiger partial charge in [0, 0.05) is 24.8 Å². The molecule has 21 heavy (non-hydrogen) atoms. The van der Waals surface area contributed by atoms with E-state index in [0.717, 1.165) is 18.3 Å². The van der Waals surface area contributed by atoms with Gasteiger partial charge in [0.25, 0.3) is 0 Å². The summed E-state index contributed by atoms with van der Waals surface area (Å²) < 4.78 is 0. The number of aromatic nitrogens is 2. The minimum absolute atomic E-state index is 0.383. The fourth-order valence-electron chi connectivity index (χ4n) is 2.30. The Kier molecular flexibility index (Phi) is 4.04. The van der Waals surface area contributed by atoms with Crippen LogP contribution in [0.1, 0.15) is 32.3 Å². The molecule has 2 aromatic rings. The molecule has 0 aliphatic heterocycles. The molecular weight excluding hydrogens is 260 g/mol. The minimum atomic E-state index is 0.383. The first kappa shape index (κ1) is 13.9. The second-order valence-corrected chi connectivity index (χ2v) is 5.86. The van der Waals surface area contributed by atoms with Crippen molar-refractivity contribution in [3.05, 3.63) is 48.2 Å². The van der Waals surface area contributed by atoms with Crippen molar-refractivity contribution in [2.24, 2.45) is 0 Å². The van der Waals surface area contributed by atoms with Gasteiger partial charge in [-0.1, -0.05) is 30.3 Å². The quantitative estimate of drug-likeness (QED) is 0.881. The number of hydrogen-bond acceptors (Lipinski definition) is 4. The van der Waals surface area contributed by atoms with Crippen LogP contribution in [-0.2, 0) is 6.54 Å². The van der Waals surface area contributed by atoms with Crippen molar-refractivity contribution in [2.75, 3.05) is 10.2 Å². The first-order chi connectivity index (χ1) is 10.2. The standard InChI is InChI=1S/C17H22N4/c1-13(2)21(12-14-6-4-3-5-7-14)16-10-11-18-17(20-16)19-15-8-9-15/h3-7,10-11,13,15H,8-9,12H2,1-2H3,(H,18,19,20). The van der Waals surface area contributed by atoms with Gasteiger partial charge in [0.05, 0.1) is 0 Å². The molecule has 3 rings (SSSR count). The Morgan fingerprint density at radius 1 is 1.19 bits per heavy atom. The van der Waals surface area contributed by atoms with E-state index in [0.29, 0.717) is 12.1 Å². The fraction of sp³-hybridized carbons (Fsp3) is 0.412. The van der Waals surface area contributed by atoms with Crippen molar-refractivity contribution in [1.82, 2.24) is 9.97 Å². The van der Waals surface area contributed by atoms with Gasteiger partial charge in [-0.15, -0.1) is 0 Å². The number of nitrogens with one attached hydrogen (secondary N) is 1. The van der Waals surface area contributed by atoms with Crippen LogP contribution in [0.15, 0.2) is 42.6 Å². The summed E-state index contributed by atoms with van der Waals surface area (Å²) in [6.07, 6.45) is 4.30. The van der Waals surface area contributed by atoms with Crippen LogP contribution in [-0.4, -0.2) is 22.1 Å². The smallest absolute Gasteiger partial charge is 0.224 e. The van der Waals surface area contributed by atoms with Gasteiger partial charge in [0.1, 0.15) is 5.82 Å². The van der Waals surface area contributed by atoms with Gasteiger partial charge in [-0.05, 0) is 38.3 Å². The molecule has 1 aromatic heterocycles. The summed E-state index contributed by atoms with van der Waals surface area (Å²) in [5, 5.41) is 3.37. The second-order valence-electron chi connectivity index (χ2n) is 5.86. The summed E-state index contributed by atoms with van der Waals surface area (Å²) in [7, 11) is 0. The van der Waals surface area contributed by atoms with E-state index >= 15 is 0 Å². The largest absolute Gasteiger partial charge is 0.351 e. The van der Waals surface area contributed by atoms with Crippen LogP contribution in [0.4, 0.5) is 11.8 Å². The zero-order chi connectivity index (χ0) is 14.7. The Labute approximate surface area is 126 Å². The molecule has 4 heteroatoms. The second kappa shape index (κ2) is 6.12. The molecule has 0 spiro atoms. The van der Waals surface area contributed by atoms with E-state index in [4.69, 9.17) is 0 Å². The topological polar surface area (TPSA) is 41.1 Å². The van der Waals surface area contributed by atoms with Crippen LogP contribution in [0.5, 0.6) is 0 Å². The van der Waals surface area contributed by atoms with Crippen LogP contribution < -0.4 is 10.2 Å². The monoisotopic (exact) mass is 282 g/mol. The van der Waals surface area contributed by atoms with Crippen molar-refractivity contribution in [3.8, 4) is 0 Å². The molecular formula is C17H22N4. The SMILES string of the molecule is CC(C)N(Cc1ccccc1)c1ccnc(NC2CC2)n1. The molecule has 1 fully saturated rings. The van der Waals surface area contributed by atoms with Gasteiger partial charge in [-0.25, -0.2) is 4.98 Å². The van der Waals surface area contributed by atoms with Gasteiger partial charge in [0.2, 0.25) is 5.95 Å². The lowest BCUT2D eigenvalue weighted by Gasteiger charge is -2.28. The molecule has 0 radical (unpaired) electrons. The predicted octanol–water partition coefficient (Wildman–Crippen LogP) is 3.47. The maximum atomic E-state index is 4.67. The van der Waals surface area contributed by atoms with Gasteiger partial charge in [-0.2, -0.15) is 4.98 Å². The fourth-order valence-corrected chi connectivity index (χ4v) is 2.30. The Balaban J connectivity index is 1.79. The molecule has 0 amide bonds. The van der Waals surface area contributed by atoms with Gasteiger partial charge >= 0.3 is 0 Å². The molecule has 1 aliphatic carbocycles. The molecule has 1 N–H and O–H groups in total. The van der Waals surface area contributed by atoms with E-state index in [-0.39, 0.29) is 0 Å². The van der Waals surface area contributed by atoms with Crippen LogP contribution in [0, 0.1) is 0 Å². The molecule has 1 aliphatic rings. The van der Waals surface area contributed by atoms with Crippen LogP contribution >= 0.6 is 0 Å². The van der Waals surface area contributed by atoms with Crippen molar-refractivity contribution >= 4 is 11.8 Å². The Morgan fingerprint density at radius 2 is 1.95 bits per heavy atom. The lowest BCUT2D eigenvalue weighted by Crippen LogP contribution is -2.31. The van der Waals surface area contributed by atoms with Gasteiger partial charge in [-0.3, -0.25) is 0 Å². The Bertz CT molecular complexity index is 578. The maximum absolute atomic E-state index is 4.67. The van der Waals surface area contributed by atoms with E-state index in [1.807, 2.05) is 18.3 Å². The van der Waals surface area contributed by atoms with Crippen LogP contribution in [0.2, 0.25) is 0 Å². The summed E-state index contributed by atoms with van der Waals surface area (Å²) in [4.78, 5) is 11.3. The normalized spacial score (nSPS) is 14.2.